The van der Waals surface area contributed by atoms with Crippen molar-refractivity contribution in [1.29, 1.82) is 0 Å². The molecule has 0 spiro atoms. The van der Waals surface area contributed by atoms with Gasteiger partial charge >= 0.3 is 6.18 Å². The van der Waals surface area contributed by atoms with Gasteiger partial charge in [-0.2, -0.15) is 13.2 Å². The highest BCUT2D eigenvalue weighted by Gasteiger charge is 2.41. The number of halogens is 3. The molecule has 0 amide bonds. The second-order valence-corrected chi connectivity index (χ2v) is 3.10. The number of hydrogen-bond donors (Lipinski definition) is 1. The van der Waals surface area contributed by atoms with E-state index in [4.69, 9.17) is 15.2 Å². The van der Waals surface area contributed by atoms with E-state index in [0.717, 1.165) is 0 Å². The Bertz CT molecular complexity index is 343. The van der Waals surface area contributed by atoms with Crippen molar-refractivity contribution in [2.45, 2.75) is 12.2 Å². The lowest BCUT2D eigenvalue weighted by Crippen LogP contribution is -2.29. The summed E-state index contributed by atoms with van der Waals surface area (Å²) in [5.74, 6) is 0.119. The predicted octanol–water partition coefficient (Wildman–Crippen LogP) is 2.27. The summed E-state index contributed by atoms with van der Waals surface area (Å²) in [6, 6.07) is 2.22. The third-order valence-corrected chi connectivity index (χ3v) is 2.13. The Kier molecular flexibility index (Phi) is 3.64. The van der Waals surface area contributed by atoms with Crippen molar-refractivity contribution in [3.8, 4) is 11.5 Å². The fraction of sp³-hybridized carbons (Fsp3) is 0.400. The third kappa shape index (κ3) is 2.38. The van der Waals surface area contributed by atoms with Crippen LogP contribution in [0.4, 0.5) is 13.2 Å². The topological polar surface area (TPSA) is 44.5 Å². The summed E-state index contributed by atoms with van der Waals surface area (Å²) in [7, 11) is 2.56. The summed E-state index contributed by atoms with van der Waals surface area (Å²) in [6.07, 6.45) is -4.54. The molecule has 0 heterocycles. The molecular formula is C10H12F3NO2. The van der Waals surface area contributed by atoms with Crippen LogP contribution in [-0.4, -0.2) is 20.4 Å². The van der Waals surface area contributed by atoms with Gasteiger partial charge in [0, 0.05) is 0 Å². The minimum absolute atomic E-state index is 0.0594. The standard InChI is InChI=1S/C10H12F3NO2/c1-15-6-4-3-5-7(16-2)8(6)9(14)10(11,12)13/h3-5,9H,14H2,1-2H3. The van der Waals surface area contributed by atoms with E-state index in [9.17, 15) is 13.2 Å². The van der Waals surface area contributed by atoms with Crippen LogP contribution >= 0.6 is 0 Å². The maximum atomic E-state index is 12.5. The van der Waals surface area contributed by atoms with E-state index in [2.05, 4.69) is 0 Å². The van der Waals surface area contributed by atoms with Gasteiger partial charge in [0.15, 0.2) is 0 Å². The number of rotatable bonds is 3. The molecule has 1 aromatic carbocycles. The van der Waals surface area contributed by atoms with E-state index >= 15 is 0 Å². The highest BCUT2D eigenvalue weighted by molar-refractivity contribution is 5.47. The normalized spacial score (nSPS) is 13.4. The fourth-order valence-corrected chi connectivity index (χ4v) is 1.35. The Hall–Kier alpha value is -1.43. The van der Waals surface area contributed by atoms with Gasteiger partial charge in [-0.15, -0.1) is 0 Å². The van der Waals surface area contributed by atoms with Crippen LogP contribution in [0.2, 0.25) is 0 Å². The zero-order chi connectivity index (χ0) is 12.3. The molecule has 6 heteroatoms. The maximum absolute atomic E-state index is 12.5. The second-order valence-electron chi connectivity index (χ2n) is 3.10. The first-order chi connectivity index (χ1) is 7.41. The zero-order valence-corrected chi connectivity index (χ0v) is 8.84. The Morgan fingerprint density at radius 2 is 1.56 bits per heavy atom. The number of hydrogen-bond acceptors (Lipinski definition) is 3. The van der Waals surface area contributed by atoms with Crippen LogP contribution in [0.15, 0.2) is 18.2 Å². The van der Waals surface area contributed by atoms with E-state index in [1.54, 1.807) is 0 Å². The first-order valence-corrected chi connectivity index (χ1v) is 4.45. The smallest absolute Gasteiger partial charge is 0.407 e. The van der Waals surface area contributed by atoms with Gasteiger partial charge in [0.2, 0.25) is 0 Å². The maximum Gasteiger partial charge on any atom is 0.407 e. The molecule has 0 aliphatic rings. The largest absolute Gasteiger partial charge is 0.496 e. The van der Waals surface area contributed by atoms with Crippen LogP contribution in [0, 0.1) is 0 Å². The van der Waals surface area contributed by atoms with Crippen molar-refractivity contribution in [2.24, 2.45) is 5.73 Å². The van der Waals surface area contributed by atoms with Crippen LogP contribution in [-0.2, 0) is 0 Å². The molecule has 0 radical (unpaired) electrons. The number of ether oxygens (including phenoxy) is 2. The minimum Gasteiger partial charge on any atom is -0.496 e. The monoisotopic (exact) mass is 235 g/mol. The second kappa shape index (κ2) is 4.61. The first kappa shape index (κ1) is 12.6. The molecule has 16 heavy (non-hydrogen) atoms. The average molecular weight is 235 g/mol. The first-order valence-electron chi connectivity index (χ1n) is 4.45. The van der Waals surface area contributed by atoms with Crippen LogP contribution in [0.3, 0.4) is 0 Å². The predicted molar refractivity (Wildman–Crippen MR) is 52.5 cm³/mol. The zero-order valence-electron chi connectivity index (χ0n) is 8.84. The average Bonchev–Trinajstić information content (AvgIpc) is 2.25. The Morgan fingerprint density at radius 1 is 1.12 bits per heavy atom. The van der Waals surface area contributed by atoms with Crippen LogP contribution in [0.5, 0.6) is 11.5 Å². The number of benzene rings is 1. The van der Waals surface area contributed by atoms with E-state index in [1.165, 1.54) is 32.4 Å². The van der Waals surface area contributed by atoms with E-state index in [1.807, 2.05) is 0 Å². The highest BCUT2D eigenvalue weighted by Crippen LogP contribution is 2.40. The summed E-state index contributed by atoms with van der Waals surface area (Å²) < 4.78 is 47.3. The lowest BCUT2D eigenvalue weighted by Gasteiger charge is -2.20. The molecule has 0 aliphatic carbocycles. The van der Waals surface area contributed by atoms with Gasteiger partial charge in [0.25, 0.3) is 0 Å². The summed E-state index contributed by atoms with van der Waals surface area (Å²) in [6.45, 7) is 0. The summed E-state index contributed by atoms with van der Waals surface area (Å²) >= 11 is 0. The van der Waals surface area contributed by atoms with Crippen molar-refractivity contribution < 1.29 is 22.6 Å². The lowest BCUT2D eigenvalue weighted by molar-refractivity contribution is -0.149. The van der Waals surface area contributed by atoms with Crippen molar-refractivity contribution in [1.82, 2.24) is 0 Å². The molecule has 3 nitrogen and oxygen atoms in total. The molecule has 0 saturated carbocycles. The van der Waals surface area contributed by atoms with Crippen molar-refractivity contribution in [2.75, 3.05) is 14.2 Å². The third-order valence-electron chi connectivity index (χ3n) is 2.13. The molecule has 1 rings (SSSR count). The molecule has 1 aromatic rings. The van der Waals surface area contributed by atoms with Gasteiger partial charge in [-0.05, 0) is 12.1 Å². The van der Waals surface area contributed by atoms with Crippen LogP contribution in [0.1, 0.15) is 11.6 Å². The summed E-state index contributed by atoms with van der Waals surface area (Å²) in [5, 5.41) is 0. The SMILES string of the molecule is COc1cccc(OC)c1C(N)C(F)(F)F. The molecule has 1 atom stereocenters. The van der Waals surface area contributed by atoms with E-state index in [-0.39, 0.29) is 17.1 Å². The highest BCUT2D eigenvalue weighted by atomic mass is 19.4. The molecule has 0 aromatic heterocycles. The number of alkyl halides is 3. The molecule has 0 aliphatic heterocycles. The van der Waals surface area contributed by atoms with Gasteiger partial charge in [-0.25, -0.2) is 0 Å². The summed E-state index contributed by atoms with van der Waals surface area (Å²) in [4.78, 5) is 0. The van der Waals surface area contributed by atoms with E-state index in [0.29, 0.717) is 0 Å². The molecule has 90 valence electrons. The van der Waals surface area contributed by atoms with Gasteiger partial charge in [-0.3, -0.25) is 0 Å². The van der Waals surface area contributed by atoms with Gasteiger partial charge < -0.3 is 15.2 Å². The fourth-order valence-electron chi connectivity index (χ4n) is 1.35. The molecule has 2 N–H and O–H groups in total. The van der Waals surface area contributed by atoms with Crippen molar-refractivity contribution >= 4 is 0 Å². The Labute approximate surface area is 91.0 Å². The van der Waals surface area contributed by atoms with Gasteiger partial charge in [0.05, 0.1) is 19.8 Å². The molecular weight excluding hydrogens is 223 g/mol. The molecule has 0 bridgehead atoms. The summed E-state index contributed by atoms with van der Waals surface area (Å²) in [5.41, 5.74) is 4.95. The van der Waals surface area contributed by atoms with Gasteiger partial charge in [0.1, 0.15) is 17.5 Å². The van der Waals surface area contributed by atoms with Gasteiger partial charge in [-0.1, -0.05) is 6.07 Å². The van der Waals surface area contributed by atoms with Crippen molar-refractivity contribution in [3.05, 3.63) is 23.8 Å². The molecule has 0 fully saturated rings. The Balaban J connectivity index is 3.28. The minimum atomic E-state index is -4.54. The Morgan fingerprint density at radius 3 is 1.88 bits per heavy atom. The quantitative estimate of drug-likeness (QED) is 0.874. The lowest BCUT2D eigenvalue weighted by atomic mass is 10.0. The number of nitrogens with two attached hydrogens (primary N) is 1. The van der Waals surface area contributed by atoms with E-state index < -0.39 is 12.2 Å². The molecule has 1 unspecified atom stereocenters. The number of methoxy groups -OCH3 is 2. The molecule has 0 saturated heterocycles. The van der Waals surface area contributed by atoms with Crippen molar-refractivity contribution in [3.63, 3.8) is 0 Å². The van der Waals surface area contributed by atoms with Crippen LogP contribution in [0.25, 0.3) is 0 Å². The van der Waals surface area contributed by atoms with Crippen LogP contribution < -0.4 is 15.2 Å².